The molecule has 0 spiro atoms. The first kappa shape index (κ1) is 14.7. The van der Waals surface area contributed by atoms with Crippen molar-refractivity contribution in [2.75, 3.05) is 0 Å². The Morgan fingerprint density at radius 2 is 1.86 bits per heavy atom. The molecular weight excluding hydrogens is 299 g/mol. The first-order valence-electron chi connectivity index (χ1n) is 5.29. The summed E-state index contributed by atoms with van der Waals surface area (Å²) in [6.07, 6.45) is -4.93. The Hall–Kier alpha value is -2.70. The Morgan fingerprint density at radius 1 is 1.24 bits per heavy atom. The minimum absolute atomic E-state index is 0.0857. The van der Waals surface area contributed by atoms with Crippen LogP contribution in [-0.4, -0.2) is 14.3 Å². The van der Waals surface area contributed by atoms with Gasteiger partial charge in [-0.3, -0.25) is 4.57 Å². The van der Waals surface area contributed by atoms with Crippen molar-refractivity contribution in [2.45, 2.75) is 6.18 Å². The van der Waals surface area contributed by atoms with Crippen molar-refractivity contribution in [3.8, 4) is 11.8 Å². The van der Waals surface area contributed by atoms with E-state index in [0.29, 0.717) is 12.1 Å². The maximum atomic E-state index is 13.7. The van der Waals surface area contributed by atoms with Crippen molar-refractivity contribution in [3.63, 3.8) is 0 Å². The second-order valence-electron chi connectivity index (χ2n) is 3.97. The van der Waals surface area contributed by atoms with E-state index in [1.54, 1.807) is 0 Å². The summed E-state index contributed by atoms with van der Waals surface area (Å²) in [6.45, 7) is 0. The van der Waals surface area contributed by atoms with Crippen LogP contribution < -0.4 is 5.69 Å². The van der Waals surface area contributed by atoms with Crippen molar-refractivity contribution in [1.29, 1.82) is 5.26 Å². The molecule has 5 nitrogen and oxygen atoms in total. The lowest BCUT2D eigenvalue weighted by Gasteiger charge is -2.03. The summed E-state index contributed by atoms with van der Waals surface area (Å²) < 4.78 is 65.2. The molecule has 1 aromatic carbocycles. The Kier molecular flexibility index (Phi) is 3.29. The molecule has 2 rings (SSSR count). The van der Waals surface area contributed by atoms with Gasteiger partial charge in [-0.15, -0.1) is 5.10 Å². The van der Waals surface area contributed by atoms with Gasteiger partial charge in [0, 0.05) is 13.1 Å². The molecule has 21 heavy (non-hydrogen) atoms. The Balaban J connectivity index is 2.73. The minimum Gasteiger partial charge on any atom is -0.274 e. The van der Waals surface area contributed by atoms with Crippen LogP contribution >= 0.6 is 0 Å². The molecule has 0 unspecified atom stereocenters. The smallest absolute Gasteiger partial charge is 0.274 e. The third-order valence-electron chi connectivity index (χ3n) is 2.62. The molecule has 1 heterocycles. The number of rotatable bonds is 1. The molecule has 0 amide bonds. The van der Waals surface area contributed by atoms with E-state index in [1.165, 1.54) is 6.07 Å². The maximum Gasteiger partial charge on any atom is 0.451 e. The van der Waals surface area contributed by atoms with Gasteiger partial charge in [0.2, 0.25) is 5.82 Å². The van der Waals surface area contributed by atoms with Gasteiger partial charge in [-0.1, -0.05) is 0 Å². The quantitative estimate of drug-likeness (QED) is 0.754. The predicted octanol–water partition coefficient (Wildman–Crippen LogP) is 1.74. The highest BCUT2D eigenvalue weighted by Crippen LogP contribution is 2.27. The van der Waals surface area contributed by atoms with Gasteiger partial charge in [-0.05, 0) is 6.07 Å². The second-order valence-corrected chi connectivity index (χ2v) is 3.97. The summed E-state index contributed by atoms with van der Waals surface area (Å²) >= 11 is 0. The van der Waals surface area contributed by atoms with Crippen molar-refractivity contribution in [1.82, 2.24) is 14.3 Å². The molecule has 1 aromatic heterocycles. The van der Waals surface area contributed by atoms with E-state index < -0.39 is 40.6 Å². The molecule has 0 aliphatic carbocycles. The zero-order valence-corrected chi connectivity index (χ0v) is 10.2. The van der Waals surface area contributed by atoms with Crippen LogP contribution in [0.25, 0.3) is 5.69 Å². The lowest BCUT2D eigenvalue weighted by Crippen LogP contribution is -2.24. The van der Waals surface area contributed by atoms with E-state index in [1.807, 2.05) is 0 Å². The molecule has 0 aliphatic heterocycles. The van der Waals surface area contributed by atoms with E-state index in [9.17, 15) is 26.7 Å². The maximum absolute atomic E-state index is 13.7. The fourth-order valence-electron chi connectivity index (χ4n) is 1.63. The van der Waals surface area contributed by atoms with Crippen LogP contribution in [0.5, 0.6) is 0 Å². The molecule has 2 aromatic rings. The van der Waals surface area contributed by atoms with Gasteiger partial charge in [-0.25, -0.2) is 13.6 Å². The zero-order valence-electron chi connectivity index (χ0n) is 10.2. The number of nitrogens with zero attached hydrogens (tertiary/aromatic N) is 4. The van der Waals surface area contributed by atoms with Crippen molar-refractivity contribution in [2.24, 2.45) is 7.05 Å². The molecule has 0 saturated carbocycles. The topological polar surface area (TPSA) is 63.6 Å². The van der Waals surface area contributed by atoms with Gasteiger partial charge in [0.25, 0.3) is 0 Å². The number of alkyl halides is 3. The van der Waals surface area contributed by atoms with Crippen LogP contribution in [0.15, 0.2) is 16.9 Å². The van der Waals surface area contributed by atoms with Crippen molar-refractivity contribution >= 4 is 0 Å². The van der Waals surface area contributed by atoms with E-state index >= 15 is 0 Å². The van der Waals surface area contributed by atoms with Crippen LogP contribution in [0.4, 0.5) is 22.0 Å². The summed E-state index contributed by atoms with van der Waals surface area (Å²) in [6, 6.07) is 2.27. The summed E-state index contributed by atoms with van der Waals surface area (Å²) in [5.41, 5.74) is -2.76. The van der Waals surface area contributed by atoms with E-state index in [4.69, 9.17) is 5.26 Å². The highest BCUT2D eigenvalue weighted by Gasteiger charge is 2.38. The van der Waals surface area contributed by atoms with E-state index in [0.717, 1.165) is 7.05 Å². The number of halogens is 5. The first-order valence-corrected chi connectivity index (χ1v) is 5.29. The normalized spacial score (nSPS) is 11.5. The molecule has 0 bridgehead atoms. The first-order chi connectivity index (χ1) is 9.66. The SMILES string of the molecule is Cn1c(C(F)(F)F)nn(-c2cc(F)c(C#N)cc2F)c1=O. The summed E-state index contributed by atoms with van der Waals surface area (Å²) in [5, 5.41) is 11.5. The van der Waals surface area contributed by atoms with Gasteiger partial charge in [-0.2, -0.15) is 23.1 Å². The fourth-order valence-corrected chi connectivity index (χ4v) is 1.63. The Labute approximate surface area is 113 Å². The van der Waals surface area contributed by atoms with Gasteiger partial charge in [0.1, 0.15) is 17.6 Å². The number of aromatic nitrogens is 3. The van der Waals surface area contributed by atoms with Crippen LogP contribution in [0.3, 0.4) is 0 Å². The Morgan fingerprint density at radius 3 is 2.33 bits per heavy atom. The molecule has 0 saturated heterocycles. The average molecular weight is 304 g/mol. The molecule has 0 radical (unpaired) electrons. The summed E-state index contributed by atoms with van der Waals surface area (Å²) in [4.78, 5) is 11.7. The second kappa shape index (κ2) is 4.69. The number of benzene rings is 1. The standard InChI is InChI=1S/C11H5F5N4O/c1-19-9(11(14,15)16)18-20(10(19)21)8-3-6(12)5(4-17)2-7(8)13/h2-3H,1H3. The lowest BCUT2D eigenvalue weighted by molar-refractivity contribution is -0.147. The molecule has 0 fully saturated rings. The monoisotopic (exact) mass is 304 g/mol. The van der Waals surface area contributed by atoms with Gasteiger partial charge >= 0.3 is 11.9 Å². The lowest BCUT2D eigenvalue weighted by atomic mass is 10.2. The molecule has 0 N–H and O–H groups in total. The van der Waals surface area contributed by atoms with Crippen LogP contribution in [0, 0.1) is 23.0 Å². The third kappa shape index (κ3) is 2.37. The molecule has 110 valence electrons. The molecule has 10 heteroatoms. The summed E-state index contributed by atoms with van der Waals surface area (Å²) in [5.74, 6) is -3.99. The van der Waals surface area contributed by atoms with E-state index in [2.05, 4.69) is 5.10 Å². The Bertz CT molecular complexity index is 812. The van der Waals surface area contributed by atoms with Crippen molar-refractivity contribution in [3.05, 3.63) is 45.6 Å². The van der Waals surface area contributed by atoms with Crippen molar-refractivity contribution < 1.29 is 22.0 Å². The summed E-state index contributed by atoms with van der Waals surface area (Å²) in [7, 11) is 0.798. The van der Waals surface area contributed by atoms with E-state index in [-0.39, 0.29) is 9.25 Å². The van der Waals surface area contributed by atoms with Gasteiger partial charge in [0.05, 0.1) is 5.56 Å². The zero-order chi connectivity index (χ0) is 15.9. The predicted molar refractivity (Wildman–Crippen MR) is 58.4 cm³/mol. The number of nitriles is 1. The highest BCUT2D eigenvalue weighted by atomic mass is 19.4. The average Bonchev–Trinajstić information content (AvgIpc) is 2.68. The molecule has 0 atom stereocenters. The third-order valence-corrected chi connectivity index (χ3v) is 2.62. The largest absolute Gasteiger partial charge is 0.451 e. The highest BCUT2D eigenvalue weighted by molar-refractivity contribution is 5.41. The number of hydrogen-bond donors (Lipinski definition) is 0. The fraction of sp³-hybridized carbons (Fsp3) is 0.182. The van der Waals surface area contributed by atoms with Crippen LogP contribution in [0.2, 0.25) is 0 Å². The molecule has 0 aliphatic rings. The molecular formula is C11H5F5N4O. The van der Waals surface area contributed by atoms with Gasteiger partial charge in [0.15, 0.2) is 5.82 Å². The van der Waals surface area contributed by atoms with Crippen LogP contribution in [0.1, 0.15) is 11.4 Å². The minimum atomic E-state index is -4.93. The van der Waals surface area contributed by atoms with Crippen LogP contribution in [-0.2, 0) is 13.2 Å². The number of hydrogen-bond acceptors (Lipinski definition) is 3. The van der Waals surface area contributed by atoms with Gasteiger partial charge < -0.3 is 0 Å².